The van der Waals surface area contributed by atoms with Crippen LogP contribution in [-0.2, 0) is 9.53 Å². The smallest absolute Gasteiger partial charge is 0.316 e. The van der Waals surface area contributed by atoms with E-state index in [2.05, 4.69) is 25.2 Å². The number of aromatic amines is 1. The van der Waals surface area contributed by atoms with E-state index in [1.165, 1.54) is 30.2 Å². The minimum absolute atomic E-state index is 0.221. The summed E-state index contributed by atoms with van der Waals surface area (Å²) in [5, 5.41) is 9.48. The lowest BCUT2D eigenvalue weighted by Crippen LogP contribution is -2.12. The molecule has 0 aliphatic heterocycles. The molecule has 124 valence electrons. The van der Waals surface area contributed by atoms with Crippen LogP contribution in [0.15, 0.2) is 28.6 Å². The van der Waals surface area contributed by atoms with Gasteiger partial charge in [-0.05, 0) is 31.2 Å². The average Bonchev–Trinajstić information content (AvgIpc) is 3.18. The van der Waals surface area contributed by atoms with Gasteiger partial charge in [-0.3, -0.25) is 14.7 Å². The molecule has 2 aromatic heterocycles. The number of amides is 1. The lowest BCUT2D eigenvalue weighted by Gasteiger charge is -2.02. The number of rotatable bonds is 5. The Morgan fingerprint density at radius 3 is 2.92 bits per heavy atom. The summed E-state index contributed by atoms with van der Waals surface area (Å²) in [4.78, 5) is 27.8. The van der Waals surface area contributed by atoms with Crippen LogP contribution in [0.4, 0.5) is 5.69 Å². The van der Waals surface area contributed by atoms with Crippen molar-refractivity contribution in [3.8, 4) is 0 Å². The number of fused-ring (bicyclic) bond motifs is 1. The molecule has 3 rings (SSSR count). The van der Waals surface area contributed by atoms with E-state index in [0.717, 1.165) is 20.3 Å². The second-order valence-electron chi connectivity index (χ2n) is 4.92. The number of ether oxygens (including phenoxy) is 1. The minimum Gasteiger partial charge on any atom is -0.468 e. The lowest BCUT2D eigenvalue weighted by atomic mass is 10.3. The van der Waals surface area contributed by atoms with Crippen molar-refractivity contribution >= 4 is 50.9 Å². The standard InChI is InChI=1S/C15H14N4O3S2/c1-8-5-11(19-18-8)14(21)16-9-3-4-10-12(6-9)24-15(17-10)23-7-13(20)22-2/h3-6H,7H2,1-2H3,(H,16,21)(H,18,19). The molecule has 0 spiro atoms. The van der Waals surface area contributed by atoms with Crippen LogP contribution in [-0.4, -0.2) is 39.9 Å². The summed E-state index contributed by atoms with van der Waals surface area (Å²) in [6, 6.07) is 7.16. The Bertz CT molecular complexity index is 903. The highest BCUT2D eigenvalue weighted by Gasteiger charge is 2.12. The highest BCUT2D eigenvalue weighted by molar-refractivity contribution is 8.01. The van der Waals surface area contributed by atoms with Crippen LogP contribution in [0.2, 0.25) is 0 Å². The number of aromatic nitrogens is 3. The monoisotopic (exact) mass is 362 g/mol. The summed E-state index contributed by atoms with van der Waals surface area (Å²) in [5.74, 6) is -0.344. The maximum atomic E-state index is 12.1. The van der Waals surface area contributed by atoms with E-state index in [9.17, 15) is 9.59 Å². The number of esters is 1. The number of anilines is 1. The molecule has 0 aliphatic rings. The zero-order valence-electron chi connectivity index (χ0n) is 13.0. The summed E-state index contributed by atoms with van der Waals surface area (Å²) in [5.41, 5.74) is 2.65. The number of hydrogen-bond acceptors (Lipinski definition) is 7. The third-order valence-corrected chi connectivity index (χ3v) is 5.24. The number of H-pyrrole nitrogens is 1. The molecule has 0 saturated heterocycles. The van der Waals surface area contributed by atoms with Crippen molar-refractivity contribution in [3.05, 3.63) is 35.7 Å². The molecule has 0 aliphatic carbocycles. The van der Waals surface area contributed by atoms with Crippen molar-refractivity contribution in [3.63, 3.8) is 0 Å². The van der Waals surface area contributed by atoms with Gasteiger partial charge in [0, 0.05) is 11.4 Å². The number of aryl methyl sites for hydroxylation is 1. The summed E-state index contributed by atoms with van der Waals surface area (Å²) < 4.78 is 6.32. The van der Waals surface area contributed by atoms with Gasteiger partial charge in [-0.2, -0.15) is 5.10 Å². The number of thiazole rings is 1. The molecule has 7 nitrogen and oxygen atoms in total. The summed E-state index contributed by atoms with van der Waals surface area (Å²) in [6.45, 7) is 1.83. The first-order valence-electron chi connectivity index (χ1n) is 6.99. The fourth-order valence-corrected chi connectivity index (χ4v) is 3.89. The number of carbonyl (C=O) groups is 2. The Balaban J connectivity index is 1.73. The molecule has 0 saturated carbocycles. The fraction of sp³-hybridized carbons (Fsp3) is 0.200. The van der Waals surface area contributed by atoms with Gasteiger partial charge in [-0.1, -0.05) is 11.8 Å². The predicted molar refractivity (Wildman–Crippen MR) is 93.6 cm³/mol. The number of thioether (sulfide) groups is 1. The van der Waals surface area contributed by atoms with Gasteiger partial charge in [-0.15, -0.1) is 11.3 Å². The van der Waals surface area contributed by atoms with E-state index in [0.29, 0.717) is 11.4 Å². The first-order valence-corrected chi connectivity index (χ1v) is 8.79. The zero-order valence-corrected chi connectivity index (χ0v) is 14.6. The number of nitrogens with zero attached hydrogens (tertiary/aromatic N) is 2. The zero-order chi connectivity index (χ0) is 17.1. The van der Waals surface area contributed by atoms with Gasteiger partial charge < -0.3 is 10.1 Å². The summed E-state index contributed by atoms with van der Waals surface area (Å²) in [7, 11) is 1.36. The second kappa shape index (κ2) is 7.02. The SMILES string of the molecule is COC(=O)CSc1nc2ccc(NC(=O)c3cc(C)[nH]n3)cc2s1. The molecule has 0 atom stereocenters. The summed E-state index contributed by atoms with van der Waals surface area (Å²) >= 11 is 2.79. The van der Waals surface area contributed by atoms with Crippen LogP contribution in [0.1, 0.15) is 16.2 Å². The first-order chi connectivity index (χ1) is 11.5. The molecule has 0 fully saturated rings. The second-order valence-corrected chi connectivity index (χ2v) is 7.17. The average molecular weight is 362 g/mol. The van der Waals surface area contributed by atoms with Crippen molar-refractivity contribution in [2.75, 3.05) is 18.2 Å². The molecule has 2 heterocycles. The van der Waals surface area contributed by atoms with E-state index in [1.54, 1.807) is 12.1 Å². The van der Waals surface area contributed by atoms with Crippen LogP contribution in [0.3, 0.4) is 0 Å². The van der Waals surface area contributed by atoms with E-state index in [4.69, 9.17) is 0 Å². The highest BCUT2D eigenvalue weighted by atomic mass is 32.2. The van der Waals surface area contributed by atoms with Gasteiger partial charge in [0.05, 0.1) is 23.1 Å². The predicted octanol–water partition coefficient (Wildman–Crippen LogP) is 2.85. The quantitative estimate of drug-likeness (QED) is 0.535. The highest BCUT2D eigenvalue weighted by Crippen LogP contribution is 2.31. The molecular weight excluding hydrogens is 348 g/mol. The van der Waals surface area contributed by atoms with Gasteiger partial charge in [0.1, 0.15) is 0 Å². The molecule has 0 radical (unpaired) electrons. The fourth-order valence-electron chi connectivity index (χ4n) is 1.95. The molecule has 9 heteroatoms. The Kier molecular flexibility index (Phi) is 4.81. The van der Waals surface area contributed by atoms with E-state index < -0.39 is 0 Å². The normalized spacial score (nSPS) is 10.8. The van der Waals surface area contributed by atoms with Gasteiger partial charge >= 0.3 is 5.97 Å². The first kappa shape index (κ1) is 16.5. The molecule has 1 amide bonds. The van der Waals surface area contributed by atoms with Crippen LogP contribution in [0.25, 0.3) is 10.2 Å². The van der Waals surface area contributed by atoms with E-state index in [1.807, 2.05) is 19.1 Å². The Morgan fingerprint density at radius 1 is 1.38 bits per heavy atom. The number of carbonyl (C=O) groups excluding carboxylic acids is 2. The minimum atomic E-state index is -0.290. The molecule has 2 N–H and O–H groups in total. The Hall–Kier alpha value is -2.39. The molecule has 3 aromatic rings. The Labute approximate surface area is 145 Å². The van der Waals surface area contributed by atoms with Crippen LogP contribution in [0.5, 0.6) is 0 Å². The molecule has 24 heavy (non-hydrogen) atoms. The van der Waals surface area contributed by atoms with Crippen LogP contribution >= 0.6 is 23.1 Å². The van der Waals surface area contributed by atoms with E-state index in [-0.39, 0.29) is 17.6 Å². The van der Waals surface area contributed by atoms with Crippen molar-refractivity contribution in [2.24, 2.45) is 0 Å². The van der Waals surface area contributed by atoms with Crippen molar-refractivity contribution < 1.29 is 14.3 Å². The lowest BCUT2D eigenvalue weighted by molar-refractivity contribution is -0.137. The molecule has 1 aromatic carbocycles. The van der Waals surface area contributed by atoms with Crippen LogP contribution in [0, 0.1) is 6.92 Å². The number of hydrogen-bond donors (Lipinski definition) is 2. The van der Waals surface area contributed by atoms with Gasteiger partial charge in [-0.25, -0.2) is 4.98 Å². The third-order valence-electron chi connectivity index (χ3n) is 3.11. The Morgan fingerprint density at radius 2 is 2.21 bits per heavy atom. The largest absolute Gasteiger partial charge is 0.468 e. The molecule has 0 unspecified atom stereocenters. The maximum Gasteiger partial charge on any atom is 0.316 e. The molecular formula is C15H14N4O3S2. The van der Waals surface area contributed by atoms with Crippen molar-refractivity contribution in [1.82, 2.24) is 15.2 Å². The number of nitrogens with one attached hydrogen (secondary N) is 2. The summed E-state index contributed by atoms with van der Waals surface area (Å²) in [6.07, 6.45) is 0. The van der Waals surface area contributed by atoms with Crippen molar-refractivity contribution in [2.45, 2.75) is 11.3 Å². The molecule has 0 bridgehead atoms. The van der Waals surface area contributed by atoms with Gasteiger partial charge in [0.2, 0.25) is 0 Å². The number of benzene rings is 1. The van der Waals surface area contributed by atoms with E-state index >= 15 is 0 Å². The maximum absolute atomic E-state index is 12.1. The number of methoxy groups -OCH3 is 1. The van der Waals surface area contributed by atoms with Crippen LogP contribution < -0.4 is 5.32 Å². The topological polar surface area (TPSA) is 97.0 Å². The third kappa shape index (κ3) is 3.74. The van der Waals surface area contributed by atoms with Gasteiger partial charge in [0.25, 0.3) is 5.91 Å². The van der Waals surface area contributed by atoms with Crippen molar-refractivity contribution in [1.29, 1.82) is 0 Å². The van der Waals surface area contributed by atoms with Gasteiger partial charge in [0.15, 0.2) is 10.0 Å².